The minimum atomic E-state index is -0.418. The van der Waals surface area contributed by atoms with E-state index in [4.69, 9.17) is 4.42 Å². The summed E-state index contributed by atoms with van der Waals surface area (Å²) in [5.41, 5.74) is 2.89. The summed E-state index contributed by atoms with van der Waals surface area (Å²) in [7, 11) is 0. The van der Waals surface area contributed by atoms with Crippen LogP contribution >= 0.6 is 0 Å². The minimum absolute atomic E-state index is 0.282. The molecule has 0 fully saturated rings. The van der Waals surface area contributed by atoms with Crippen molar-refractivity contribution in [3.05, 3.63) is 65.8 Å². The second-order valence-corrected chi connectivity index (χ2v) is 4.67. The van der Waals surface area contributed by atoms with E-state index in [2.05, 4.69) is 10.3 Å². The predicted molar refractivity (Wildman–Crippen MR) is 76.4 cm³/mol. The Hall–Kier alpha value is -2.69. The number of hydrogen-bond donors (Lipinski definition) is 1. The number of halogens is 1. The van der Waals surface area contributed by atoms with Crippen LogP contribution < -0.4 is 5.32 Å². The average Bonchev–Trinajstić information content (AvgIpc) is 2.94. The number of carbonyl (C=O) groups is 1. The van der Waals surface area contributed by atoms with Crippen LogP contribution in [0.4, 0.5) is 4.39 Å². The molecule has 4 nitrogen and oxygen atoms in total. The maximum absolute atomic E-state index is 13.0. The monoisotopic (exact) mass is 284 g/mol. The fourth-order valence-corrected chi connectivity index (χ4v) is 2.11. The lowest BCUT2D eigenvalue weighted by molar-refractivity contribution is 0.0953. The van der Waals surface area contributed by atoms with Gasteiger partial charge in [0, 0.05) is 12.1 Å². The number of hydrogen-bond acceptors (Lipinski definition) is 3. The van der Waals surface area contributed by atoms with E-state index >= 15 is 0 Å². The molecule has 1 amide bonds. The van der Waals surface area contributed by atoms with Crippen molar-refractivity contribution in [2.75, 3.05) is 6.54 Å². The summed E-state index contributed by atoms with van der Waals surface area (Å²) in [5.74, 6) is -0.700. The molecule has 0 radical (unpaired) electrons. The highest BCUT2D eigenvalue weighted by molar-refractivity contribution is 5.94. The maximum Gasteiger partial charge on any atom is 0.251 e. The van der Waals surface area contributed by atoms with Crippen molar-refractivity contribution in [2.45, 2.75) is 6.42 Å². The van der Waals surface area contributed by atoms with Crippen molar-refractivity contribution in [1.82, 2.24) is 10.3 Å². The van der Waals surface area contributed by atoms with E-state index in [1.165, 1.54) is 24.6 Å². The zero-order valence-electron chi connectivity index (χ0n) is 11.2. The van der Waals surface area contributed by atoms with Gasteiger partial charge in [0.25, 0.3) is 5.91 Å². The summed E-state index contributed by atoms with van der Waals surface area (Å²) >= 11 is 0. The summed E-state index contributed by atoms with van der Waals surface area (Å²) in [6, 6.07) is 11.3. The van der Waals surface area contributed by atoms with E-state index in [1.807, 2.05) is 18.2 Å². The van der Waals surface area contributed by atoms with Crippen molar-refractivity contribution in [3.63, 3.8) is 0 Å². The molecule has 0 spiro atoms. The molecule has 21 heavy (non-hydrogen) atoms. The lowest BCUT2D eigenvalue weighted by Crippen LogP contribution is -2.25. The minimum Gasteiger partial charge on any atom is -0.443 e. The lowest BCUT2D eigenvalue weighted by Gasteiger charge is -2.05. The molecule has 3 rings (SSSR count). The van der Waals surface area contributed by atoms with Crippen LogP contribution in [-0.2, 0) is 6.42 Å². The van der Waals surface area contributed by atoms with E-state index in [9.17, 15) is 9.18 Å². The van der Waals surface area contributed by atoms with Crippen LogP contribution in [0.2, 0.25) is 0 Å². The predicted octanol–water partition coefficient (Wildman–Crippen LogP) is 2.94. The molecular formula is C16H13FN2O2. The van der Waals surface area contributed by atoms with Gasteiger partial charge in [0.1, 0.15) is 11.3 Å². The first kappa shape index (κ1) is 13.3. The van der Waals surface area contributed by atoms with Gasteiger partial charge < -0.3 is 9.73 Å². The number of nitrogens with zero attached hydrogens (tertiary/aromatic N) is 1. The van der Waals surface area contributed by atoms with Crippen LogP contribution in [0.1, 0.15) is 15.9 Å². The Morgan fingerprint density at radius 1 is 1.24 bits per heavy atom. The van der Waals surface area contributed by atoms with Crippen molar-refractivity contribution < 1.29 is 13.6 Å². The number of benzene rings is 2. The maximum atomic E-state index is 13.0. The number of rotatable bonds is 4. The summed E-state index contributed by atoms with van der Waals surface area (Å²) < 4.78 is 18.3. The largest absolute Gasteiger partial charge is 0.443 e. The van der Waals surface area contributed by atoms with Gasteiger partial charge in [-0.3, -0.25) is 4.79 Å². The zero-order chi connectivity index (χ0) is 14.7. The van der Waals surface area contributed by atoms with E-state index < -0.39 is 5.82 Å². The Bertz CT molecular complexity index is 783. The first-order valence-electron chi connectivity index (χ1n) is 6.58. The van der Waals surface area contributed by atoms with Crippen LogP contribution in [0.5, 0.6) is 0 Å². The van der Waals surface area contributed by atoms with Crippen molar-refractivity contribution in [3.8, 4) is 0 Å². The molecule has 0 saturated heterocycles. The lowest BCUT2D eigenvalue weighted by atomic mass is 10.1. The van der Waals surface area contributed by atoms with Gasteiger partial charge in [-0.05, 0) is 42.3 Å². The second-order valence-electron chi connectivity index (χ2n) is 4.67. The smallest absolute Gasteiger partial charge is 0.251 e. The molecule has 1 heterocycles. The quantitative estimate of drug-likeness (QED) is 0.801. The Kier molecular flexibility index (Phi) is 3.64. The first-order valence-corrected chi connectivity index (χ1v) is 6.58. The Labute approximate surface area is 120 Å². The van der Waals surface area contributed by atoms with Gasteiger partial charge in [-0.1, -0.05) is 12.1 Å². The van der Waals surface area contributed by atoms with Crippen LogP contribution in [0, 0.1) is 5.82 Å². The molecule has 3 aromatic rings. The van der Waals surface area contributed by atoms with E-state index in [-0.39, 0.29) is 5.91 Å². The molecule has 0 atom stereocenters. The Balaban J connectivity index is 1.59. The van der Waals surface area contributed by atoms with Crippen LogP contribution in [0.15, 0.2) is 53.3 Å². The molecule has 0 unspecified atom stereocenters. The van der Waals surface area contributed by atoms with E-state index in [1.54, 1.807) is 6.07 Å². The van der Waals surface area contributed by atoms with Crippen LogP contribution in [0.25, 0.3) is 11.1 Å². The van der Waals surface area contributed by atoms with Gasteiger partial charge in [0.2, 0.25) is 0 Å². The standard InChI is InChI=1S/C16H13FN2O2/c17-13-3-1-2-12(9-13)16(20)18-7-6-11-4-5-14-15(8-11)21-10-19-14/h1-5,8-10H,6-7H2,(H,18,20). The highest BCUT2D eigenvalue weighted by Crippen LogP contribution is 2.14. The van der Waals surface area contributed by atoms with Gasteiger partial charge in [-0.15, -0.1) is 0 Å². The summed E-state index contributed by atoms with van der Waals surface area (Å²) in [5, 5.41) is 2.76. The fourth-order valence-electron chi connectivity index (χ4n) is 2.11. The van der Waals surface area contributed by atoms with Gasteiger partial charge in [0.05, 0.1) is 0 Å². The van der Waals surface area contributed by atoms with Crippen molar-refractivity contribution in [2.24, 2.45) is 0 Å². The van der Waals surface area contributed by atoms with Gasteiger partial charge in [-0.25, -0.2) is 9.37 Å². The molecule has 0 aliphatic rings. The molecule has 2 aromatic carbocycles. The summed E-state index contributed by atoms with van der Waals surface area (Å²) in [6.07, 6.45) is 2.07. The fraction of sp³-hybridized carbons (Fsp3) is 0.125. The third-order valence-electron chi connectivity index (χ3n) is 3.18. The average molecular weight is 284 g/mol. The molecule has 0 aliphatic heterocycles. The number of fused-ring (bicyclic) bond motifs is 1. The molecule has 0 aliphatic carbocycles. The Morgan fingerprint density at radius 3 is 3.00 bits per heavy atom. The van der Waals surface area contributed by atoms with Gasteiger partial charge in [0.15, 0.2) is 12.0 Å². The highest BCUT2D eigenvalue weighted by Gasteiger charge is 2.06. The molecule has 0 bridgehead atoms. The number of amides is 1. The zero-order valence-corrected chi connectivity index (χ0v) is 11.2. The van der Waals surface area contributed by atoms with E-state index in [0.29, 0.717) is 18.5 Å². The normalized spacial score (nSPS) is 10.7. The topological polar surface area (TPSA) is 55.1 Å². The summed E-state index contributed by atoms with van der Waals surface area (Å²) in [6.45, 7) is 0.467. The van der Waals surface area contributed by atoms with Crippen LogP contribution in [0.3, 0.4) is 0 Å². The molecule has 1 N–H and O–H groups in total. The molecule has 1 aromatic heterocycles. The molecular weight excluding hydrogens is 271 g/mol. The third-order valence-corrected chi connectivity index (χ3v) is 3.18. The van der Waals surface area contributed by atoms with E-state index in [0.717, 1.165) is 16.7 Å². The SMILES string of the molecule is O=C(NCCc1ccc2ncoc2c1)c1cccc(F)c1. The third kappa shape index (κ3) is 3.08. The molecule has 106 valence electrons. The molecule has 5 heteroatoms. The highest BCUT2D eigenvalue weighted by atomic mass is 19.1. The van der Waals surface area contributed by atoms with Crippen molar-refractivity contribution >= 4 is 17.0 Å². The van der Waals surface area contributed by atoms with Crippen molar-refractivity contribution in [1.29, 1.82) is 0 Å². The first-order chi connectivity index (χ1) is 10.2. The molecule has 0 saturated carbocycles. The summed E-state index contributed by atoms with van der Waals surface area (Å²) in [4.78, 5) is 15.9. The number of carbonyl (C=O) groups excluding carboxylic acids is 1. The number of nitrogens with one attached hydrogen (secondary N) is 1. The van der Waals surface area contributed by atoms with Crippen LogP contribution in [-0.4, -0.2) is 17.4 Å². The Morgan fingerprint density at radius 2 is 2.14 bits per heavy atom. The van der Waals surface area contributed by atoms with Gasteiger partial charge in [-0.2, -0.15) is 0 Å². The second kappa shape index (κ2) is 5.75. The number of oxazole rings is 1. The number of aromatic nitrogens is 1. The van der Waals surface area contributed by atoms with Gasteiger partial charge >= 0.3 is 0 Å².